The number of halogens is 2. The molecule has 178 valence electrons. The van der Waals surface area contributed by atoms with Gasteiger partial charge in [0.05, 0.1) is 15.6 Å². The van der Waals surface area contributed by atoms with Gasteiger partial charge in [-0.3, -0.25) is 4.79 Å². The molecule has 0 saturated carbocycles. The highest BCUT2D eigenvalue weighted by molar-refractivity contribution is 7.98. The number of amides is 1. The van der Waals surface area contributed by atoms with E-state index in [-0.39, 0.29) is 23.4 Å². The molecular weight excluding hydrogens is 503 g/mol. The molecule has 11 heteroatoms. The van der Waals surface area contributed by atoms with Crippen molar-refractivity contribution in [3.8, 4) is 0 Å². The fourth-order valence-electron chi connectivity index (χ4n) is 2.75. The average Bonchev–Trinajstić information content (AvgIpc) is 3.08. The van der Waals surface area contributed by atoms with E-state index in [9.17, 15) is 4.79 Å². The van der Waals surface area contributed by atoms with E-state index < -0.39 is 5.54 Å². The van der Waals surface area contributed by atoms with Crippen LogP contribution in [0.5, 0.6) is 0 Å². The predicted octanol–water partition coefficient (Wildman–Crippen LogP) is 5.66. The lowest BCUT2D eigenvalue weighted by molar-refractivity contribution is -0.116. The van der Waals surface area contributed by atoms with Crippen LogP contribution < -0.4 is 5.32 Å². The fraction of sp³-hybridized carbons (Fsp3) is 0.364. The lowest BCUT2D eigenvalue weighted by Crippen LogP contribution is -2.48. The Morgan fingerprint density at radius 2 is 2.03 bits per heavy atom. The van der Waals surface area contributed by atoms with Crippen LogP contribution in [0.3, 0.4) is 0 Å². The van der Waals surface area contributed by atoms with E-state index >= 15 is 0 Å². The zero-order valence-corrected chi connectivity index (χ0v) is 22.2. The summed E-state index contributed by atoms with van der Waals surface area (Å²) in [4.78, 5) is 24.2. The van der Waals surface area contributed by atoms with Gasteiger partial charge in [0.1, 0.15) is 13.7 Å². The quantitative estimate of drug-likeness (QED) is 0.300. The first kappa shape index (κ1) is 27.2. The van der Waals surface area contributed by atoms with Crippen molar-refractivity contribution >= 4 is 69.9 Å². The maximum Gasteiger partial charge on any atom is 0.274 e. The number of hydrogen-bond acceptors (Lipinski definition) is 8. The molecule has 2 aromatic rings. The monoisotopic (exact) mass is 528 g/mol. The number of allylic oxidation sites excluding steroid dienone is 1. The van der Waals surface area contributed by atoms with Crippen molar-refractivity contribution in [3.63, 3.8) is 0 Å². The summed E-state index contributed by atoms with van der Waals surface area (Å²) in [5.74, 6) is 0.426. The van der Waals surface area contributed by atoms with E-state index in [1.165, 1.54) is 18.6 Å². The van der Waals surface area contributed by atoms with E-state index in [2.05, 4.69) is 20.0 Å². The Labute approximate surface area is 212 Å². The molecule has 0 aliphatic heterocycles. The summed E-state index contributed by atoms with van der Waals surface area (Å²) < 4.78 is 3.98. The van der Waals surface area contributed by atoms with E-state index in [0.717, 1.165) is 16.2 Å². The first-order valence-corrected chi connectivity index (χ1v) is 12.8. The van der Waals surface area contributed by atoms with Crippen molar-refractivity contribution in [2.45, 2.75) is 32.9 Å². The smallest absolute Gasteiger partial charge is 0.274 e. The van der Waals surface area contributed by atoms with Crippen molar-refractivity contribution in [3.05, 3.63) is 56.5 Å². The van der Waals surface area contributed by atoms with Gasteiger partial charge in [-0.2, -0.15) is 16.1 Å². The van der Waals surface area contributed by atoms with Gasteiger partial charge in [-0.05, 0) is 50.7 Å². The van der Waals surface area contributed by atoms with Crippen molar-refractivity contribution in [1.29, 1.82) is 0 Å². The molecule has 0 saturated heterocycles. The SMILES string of the molecule is CO/N=C(/C(=O)NC(C)(C)CSC)c1ccccc1CO/N=C(C)/C=C/c1snc(Cl)c1Cl. The third-order valence-corrected chi connectivity index (χ3v) is 6.94. The molecule has 1 aromatic heterocycles. The minimum absolute atomic E-state index is 0.138. The van der Waals surface area contributed by atoms with Crippen LogP contribution in [0.25, 0.3) is 6.08 Å². The lowest BCUT2D eigenvalue weighted by Gasteiger charge is -2.25. The first-order chi connectivity index (χ1) is 15.7. The van der Waals surface area contributed by atoms with Crippen LogP contribution in [-0.2, 0) is 21.1 Å². The van der Waals surface area contributed by atoms with Gasteiger partial charge < -0.3 is 15.0 Å². The number of oxime groups is 2. The molecule has 0 unspecified atom stereocenters. The van der Waals surface area contributed by atoms with Gasteiger partial charge in [-0.25, -0.2) is 0 Å². The van der Waals surface area contributed by atoms with Gasteiger partial charge in [0, 0.05) is 22.4 Å². The number of rotatable bonds is 11. The normalized spacial score (nSPS) is 12.8. The maximum absolute atomic E-state index is 13.0. The van der Waals surface area contributed by atoms with Crippen molar-refractivity contribution in [2.24, 2.45) is 10.3 Å². The van der Waals surface area contributed by atoms with Crippen LogP contribution in [0.2, 0.25) is 10.2 Å². The molecule has 1 heterocycles. The second kappa shape index (κ2) is 13.0. The van der Waals surface area contributed by atoms with Crippen molar-refractivity contribution in [1.82, 2.24) is 9.69 Å². The highest BCUT2D eigenvalue weighted by Gasteiger charge is 2.25. The summed E-state index contributed by atoms with van der Waals surface area (Å²) in [5.41, 5.74) is 1.73. The molecule has 0 bridgehead atoms. The molecule has 7 nitrogen and oxygen atoms in total. The molecule has 1 amide bonds. The van der Waals surface area contributed by atoms with E-state index in [1.54, 1.807) is 36.9 Å². The zero-order chi connectivity index (χ0) is 24.4. The number of aromatic nitrogens is 1. The third-order valence-electron chi connectivity index (χ3n) is 4.15. The van der Waals surface area contributed by atoms with Gasteiger partial charge >= 0.3 is 0 Å². The Bertz CT molecular complexity index is 1050. The van der Waals surface area contributed by atoms with Crippen molar-refractivity contribution < 1.29 is 14.5 Å². The highest BCUT2D eigenvalue weighted by Crippen LogP contribution is 2.29. The zero-order valence-electron chi connectivity index (χ0n) is 19.0. The van der Waals surface area contributed by atoms with Crippen LogP contribution in [0, 0.1) is 0 Å². The molecule has 0 aliphatic carbocycles. The molecule has 0 spiro atoms. The number of thioether (sulfide) groups is 1. The molecule has 0 aliphatic rings. The number of carbonyl (C=O) groups excluding carboxylic acids is 1. The van der Waals surface area contributed by atoms with Gasteiger partial charge in [0.25, 0.3) is 5.91 Å². The fourth-order valence-corrected chi connectivity index (χ4v) is 4.64. The number of hydrogen-bond donors (Lipinski definition) is 1. The van der Waals surface area contributed by atoms with Crippen LogP contribution in [0.4, 0.5) is 0 Å². The average molecular weight is 530 g/mol. The van der Waals surface area contributed by atoms with E-state index in [1.807, 2.05) is 38.3 Å². The minimum Gasteiger partial charge on any atom is -0.398 e. The number of nitrogens with zero attached hydrogens (tertiary/aromatic N) is 3. The minimum atomic E-state index is -0.407. The summed E-state index contributed by atoms with van der Waals surface area (Å²) in [7, 11) is 1.40. The van der Waals surface area contributed by atoms with Crippen LogP contribution in [-0.4, -0.2) is 46.4 Å². The van der Waals surface area contributed by atoms with Crippen molar-refractivity contribution in [2.75, 3.05) is 19.1 Å². The van der Waals surface area contributed by atoms with E-state index in [0.29, 0.717) is 16.3 Å². The Balaban J connectivity index is 2.14. The lowest BCUT2D eigenvalue weighted by atomic mass is 10.0. The van der Waals surface area contributed by atoms with Gasteiger partial charge in [0.15, 0.2) is 10.9 Å². The molecule has 2 rings (SSSR count). The summed E-state index contributed by atoms with van der Waals surface area (Å²) in [6.07, 6.45) is 5.51. The third kappa shape index (κ3) is 8.33. The highest BCUT2D eigenvalue weighted by atomic mass is 35.5. The maximum atomic E-state index is 13.0. The largest absolute Gasteiger partial charge is 0.398 e. The molecule has 1 N–H and O–H groups in total. The summed E-state index contributed by atoms with van der Waals surface area (Å²) in [6.45, 7) is 5.84. The number of carbonyl (C=O) groups is 1. The topological polar surface area (TPSA) is 85.2 Å². The Morgan fingerprint density at radius 3 is 2.67 bits per heavy atom. The van der Waals surface area contributed by atoms with Gasteiger partial charge in [-0.1, -0.05) is 57.8 Å². The number of benzene rings is 1. The molecule has 1 aromatic carbocycles. The standard InChI is InChI=1S/C22H26Cl2N4O3S2/c1-14(10-11-17-18(23)20(24)28-33-17)26-31-12-15-8-6-7-9-16(15)19(27-30-4)21(29)25-22(2,3)13-32-5/h6-11H,12-13H2,1-5H3,(H,25,29)/b11-10+,26-14+,27-19+. The van der Waals surface area contributed by atoms with Gasteiger partial charge in [-0.15, -0.1) is 0 Å². The Kier molecular flexibility index (Phi) is 10.7. The summed E-state index contributed by atoms with van der Waals surface area (Å²) in [5, 5.41) is 11.8. The van der Waals surface area contributed by atoms with Crippen LogP contribution >= 0.6 is 46.5 Å². The van der Waals surface area contributed by atoms with Crippen LogP contribution in [0.15, 0.2) is 40.7 Å². The molecule has 0 radical (unpaired) electrons. The summed E-state index contributed by atoms with van der Waals surface area (Å²) >= 11 is 14.8. The summed E-state index contributed by atoms with van der Waals surface area (Å²) in [6, 6.07) is 7.32. The van der Waals surface area contributed by atoms with E-state index in [4.69, 9.17) is 32.9 Å². The number of nitrogens with one attached hydrogen (secondary N) is 1. The van der Waals surface area contributed by atoms with Gasteiger partial charge in [0.2, 0.25) is 0 Å². The Morgan fingerprint density at radius 1 is 1.30 bits per heavy atom. The molecule has 33 heavy (non-hydrogen) atoms. The molecular formula is C22H26Cl2N4O3S2. The predicted molar refractivity (Wildman–Crippen MR) is 140 cm³/mol. The second-order valence-corrected chi connectivity index (χ2v) is 9.95. The Hall–Kier alpha value is -2.07. The molecule has 0 fully saturated rings. The van der Waals surface area contributed by atoms with Crippen LogP contribution in [0.1, 0.15) is 36.8 Å². The second-order valence-electron chi connectivity index (χ2n) is 7.54. The molecule has 0 atom stereocenters. The first-order valence-electron chi connectivity index (χ1n) is 9.84.